The minimum absolute atomic E-state index is 0.107. The van der Waals surface area contributed by atoms with E-state index in [1.54, 1.807) is 23.1 Å². The molecule has 0 saturated carbocycles. The highest BCUT2D eigenvalue weighted by molar-refractivity contribution is 7.89. The van der Waals surface area contributed by atoms with Crippen molar-refractivity contribution in [3.05, 3.63) is 23.8 Å². The second-order valence-electron chi connectivity index (χ2n) is 6.15. The van der Waals surface area contributed by atoms with Crippen LogP contribution in [0.25, 0.3) is 0 Å². The van der Waals surface area contributed by atoms with Crippen LogP contribution in [0.15, 0.2) is 23.1 Å². The largest absolute Gasteiger partial charge is 0.387 e. The Kier molecular flexibility index (Phi) is 4.81. The number of aliphatic hydroxyl groups excluding tert-OH is 1. The van der Waals surface area contributed by atoms with Gasteiger partial charge in [0.1, 0.15) is 6.61 Å². The molecule has 136 valence electrons. The maximum atomic E-state index is 12.9. The fourth-order valence-corrected chi connectivity index (χ4v) is 4.72. The van der Waals surface area contributed by atoms with Crippen LogP contribution in [0.5, 0.6) is 0 Å². The molecule has 0 spiro atoms. The van der Waals surface area contributed by atoms with Crippen molar-refractivity contribution in [2.24, 2.45) is 0 Å². The summed E-state index contributed by atoms with van der Waals surface area (Å²) in [7, 11) is -3.69. The molecule has 2 aliphatic rings. The average molecular weight is 367 g/mol. The van der Waals surface area contributed by atoms with Gasteiger partial charge in [0.15, 0.2) is 0 Å². The van der Waals surface area contributed by atoms with Gasteiger partial charge in [-0.15, -0.1) is 0 Å². The number of hydrogen-bond donors (Lipinski definition) is 1. The van der Waals surface area contributed by atoms with Crippen molar-refractivity contribution >= 4 is 27.5 Å². The Morgan fingerprint density at radius 2 is 1.80 bits per heavy atom. The van der Waals surface area contributed by atoms with Gasteiger partial charge in [0.05, 0.1) is 4.90 Å². The summed E-state index contributed by atoms with van der Waals surface area (Å²) in [6.45, 7) is 2.33. The highest BCUT2D eigenvalue weighted by Gasteiger charge is 2.31. The number of aliphatic hydroxyl groups is 1. The first kappa shape index (κ1) is 17.8. The number of nitrogens with zero attached hydrogens (tertiary/aromatic N) is 3. The van der Waals surface area contributed by atoms with Crippen molar-refractivity contribution in [3.8, 4) is 0 Å². The summed E-state index contributed by atoms with van der Waals surface area (Å²) in [4.78, 5) is 26.4. The number of anilines is 1. The van der Waals surface area contributed by atoms with Gasteiger partial charge in [-0.2, -0.15) is 4.31 Å². The van der Waals surface area contributed by atoms with Gasteiger partial charge in [-0.1, -0.05) is 6.07 Å². The van der Waals surface area contributed by atoms with Gasteiger partial charge in [0.2, 0.25) is 21.8 Å². The standard InChI is InChI=1S/C16H21N3O5S/c1-12(21)19-5-4-13-2-3-14(10-15(13)19)25(23,24)18-8-6-17(7-9-18)16(22)11-20/h2-3,10,20H,4-9,11H2,1H3. The highest BCUT2D eigenvalue weighted by Crippen LogP contribution is 2.31. The molecule has 9 heteroatoms. The van der Waals surface area contributed by atoms with E-state index in [2.05, 4.69) is 0 Å². The SMILES string of the molecule is CC(=O)N1CCc2ccc(S(=O)(=O)N3CCN(C(=O)CO)CC3)cc21. The Hall–Kier alpha value is -1.97. The predicted octanol–water partition coefficient (Wildman–Crippen LogP) is -0.579. The molecule has 0 atom stereocenters. The van der Waals surface area contributed by atoms with Gasteiger partial charge < -0.3 is 14.9 Å². The zero-order valence-electron chi connectivity index (χ0n) is 14.0. The summed E-state index contributed by atoms with van der Waals surface area (Å²) in [6, 6.07) is 4.89. The third-order valence-electron chi connectivity index (χ3n) is 4.70. The summed E-state index contributed by atoms with van der Waals surface area (Å²) in [6.07, 6.45) is 0.719. The van der Waals surface area contributed by atoms with Crippen molar-refractivity contribution < 1.29 is 23.1 Å². The van der Waals surface area contributed by atoms with Crippen LogP contribution < -0.4 is 4.90 Å². The summed E-state index contributed by atoms with van der Waals surface area (Å²) in [5.74, 6) is -0.504. The second kappa shape index (κ2) is 6.74. The molecule has 2 heterocycles. The molecule has 1 saturated heterocycles. The lowest BCUT2D eigenvalue weighted by molar-refractivity contribution is -0.135. The van der Waals surface area contributed by atoms with Crippen molar-refractivity contribution in [1.29, 1.82) is 0 Å². The first-order valence-corrected chi connectivity index (χ1v) is 9.58. The van der Waals surface area contributed by atoms with Crippen LogP contribution in [0, 0.1) is 0 Å². The lowest BCUT2D eigenvalue weighted by atomic mass is 10.2. The Morgan fingerprint density at radius 3 is 2.40 bits per heavy atom. The molecule has 0 unspecified atom stereocenters. The molecule has 0 bridgehead atoms. The predicted molar refractivity (Wildman–Crippen MR) is 90.6 cm³/mol. The minimum atomic E-state index is -3.69. The maximum Gasteiger partial charge on any atom is 0.248 e. The van der Waals surface area contributed by atoms with E-state index in [0.717, 1.165) is 12.0 Å². The average Bonchev–Trinajstić information content (AvgIpc) is 3.04. The van der Waals surface area contributed by atoms with Crippen molar-refractivity contribution in [2.75, 3.05) is 44.2 Å². The quantitative estimate of drug-likeness (QED) is 0.771. The van der Waals surface area contributed by atoms with Gasteiger partial charge in [0, 0.05) is 45.3 Å². The lowest BCUT2D eigenvalue weighted by Gasteiger charge is -2.33. The van der Waals surface area contributed by atoms with E-state index in [0.29, 0.717) is 12.2 Å². The van der Waals surface area contributed by atoms with Crippen LogP contribution in [-0.2, 0) is 26.0 Å². The molecule has 1 fully saturated rings. The van der Waals surface area contributed by atoms with Gasteiger partial charge in [0.25, 0.3) is 0 Å². The number of benzene rings is 1. The number of fused-ring (bicyclic) bond motifs is 1. The van der Waals surface area contributed by atoms with E-state index in [4.69, 9.17) is 5.11 Å². The number of rotatable bonds is 3. The minimum Gasteiger partial charge on any atom is -0.387 e. The first-order chi connectivity index (χ1) is 11.8. The summed E-state index contributed by atoms with van der Waals surface area (Å²) in [5.41, 5.74) is 1.62. The van der Waals surface area contributed by atoms with E-state index in [-0.39, 0.29) is 37.0 Å². The Morgan fingerprint density at radius 1 is 1.12 bits per heavy atom. The second-order valence-corrected chi connectivity index (χ2v) is 8.09. The number of carbonyl (C=O) groups is 2. The molecular weight excluding hydrogens is 346 g/mol. The van der Waals surface area contributed by atoms with Crippen LogP contribution in [0.2, 0.25) is 0 Å². The van der Waals surface area contributed by atoms with Crippen molar-refractivity contribution in [1.82, 2.24) is 9.21 Å². The summed E-state index contributed by atoms with van der Waals surface area (Å²) in [5, 5.41) is 8.89. The number of carbonyl (C=O) groups excluding carboxylic acids is 2. The van der Waals surface area contributed by atoms with E-state index in [9.17, 15) is 18.0 Å². The molecule has 1 aromatic carbocycles. The fraction of sp³-hybridized carbons (Fsp3) is 0.500. The topological polar surface area (TPSA) is 98.2 Å². The van der Waals surface area contributed by atoms with Gasteiger partial charge >= 0.3 is 0 Å². The van der Waals surface area contributed by atoms with Crippen LogP contribution in [-0.4, -0.2) is 73.9 Å². The zero-order chi connectivity index (χ0) is 18.2. The smallest absolute Gasteiger partial charge is 0.248 e. The highest BCUT2D eigenvalue weighted by atomic mass is 32.2. The molecule has 1 aromatic rings. The van der Waals surface area contributed by atoms with Gasteiger partial charge in [-0.25, -0.2) is 8.42 Å². The molecule has 1 N–H and O–H groups in total. The molecule has 25 heavy (non-hydrogen) atoms. The maximum absolute atomic E-state index is 12.9. The molecule has 2 amide bonds. The molecule has 0 aromatic heterocycles. The third kappa shape index (κ3) is 3.26. The van der Waals surface area contributed by atoms with Gasteiger partial charge in [-0.05, 0) is 24.1 Å². The van der Waals surface area contributed by atoms with E-state index < -0.39 is 22.5 Å². The molecule has 8 nitrogen and oxygen atoms in total. The number of piperazine rings is 1. The van der Waals surface area contributed by atoms with E-state index >= 15 is 0 Å². The number of hydrogen-bond acceptors (Lipinski definition) is 5. The molecule has 0 radical (unpaired) electrons. The van der Waals surface area contributed by atoms with Crippen LogP contribution in [0.1, 0.15) is 12.5 Å². The van der Waals surface area contributed by atoms with Crippen LogP contribution >= 0.6 is 0 Å². The Bertz CT molecular complexity index is 800. The van der Waals surface area contributed by atoms with E-state index in [1.807, 2.05) is 0 Å². The van der Waals surface area contributed by atoms with E-state index in [1.165, 1.54) is 16.1 Å². The number of sulfonamides is 1. The van der Waals surface area contributed by atoms with Crippen LogP contribution in [0.3, 0.4) is 0 Å². The molecular formula is C16H21N3O5S. The third-order valence-corrected chi connectivity index (χ3v) is 6.59. The van der Waals surface area contributed by atoms with Crippen molar-refractivity contribution in [3.63, 3.8) is 0 Å². The number of amides is 2. The van der Waals surface area contributed by atoms with Gasteiger partial charge in [-0.3, -0.25) is 9.59 Å². The Labute approximate surface area is 146 Å². The van der Waals surface area contributed by atoms with Crippen LogP contribution in [0.4, 0.5) is 5.69 Å². The monoisotopic (exact) mass is 367 g/mol. The molecule has 3 rings (SSSR count). The normalized spacial score (nSPS) is 18.3. The summed E-state index contributed by atoms with van der Waals surface area (Å²) < 4.78 is 27.1. The van der Waals surface area contributed by atoms with Crippen molar-refractivity contribution in [2.45, 2.75) is 18.2 Å². The zero-order valence-corrected chi connectivity index (χ0v) is 14.8. The molecule has 2 aliphatic heterocycles. The summed E-state index contributed by atoms with van der Waals surface area (Å²) >= 11 is 0. The first-order valence-electron chi connectivity index (χ1n) is 8.14. The Balaban J connectivity index is 1.81. The lowest BCUT2D eigenvalue weighted by Crippen LogP contribution is -2.51. The fourth-order valence-electron chi connectivity index (χ4n) is 3.27. The molecule has 0 aliphatic carbocycles.